The zero-order valence-corrected chi connectivity index (χ0v) is 12.5. The molecule has 1 unspecified atom stereocenters. The van der Waals surface area contributed by atoms with Gasteiger partial charge in [0.2, 0.25) is 5.91 Å². The zero-order valence-electron chi connectivity index (χ0n) is 12.5. The number of pyridine rings is 1. The summed E-state index contributed by atoms with van der Waals surface area (Å²) >= 11 is 0. The van der Waals surface area contributed by atoms with Crippen LogP contribution in [0.25, 0.3) is 0 Å². The van der Waals surface area contributed by atoms with E-state index in [0.717, 1.165) is 12.1 Å². The molecular formula is C17H17N3O2. The molecule has 1 aromatic carbocycles. The second-order valence-corrected chi connectivity index (χ2v) is 5.47. The fourth-order valence-electron chi connectivity index (χ4n) is 2.83. The average molecular weight is 295 g/mol. The third-order valence-electron chi connectivity index (χ3n) is 3.74. The van der Waals surface area contributed by atoms with Gasteiger partial charge in [0.25, 0.3) is 5.91 Å². The van der Waals surface area contributed by atoms with Crippen LogP contribution in [0.5, 0.6) is 0 Å². The van der Waals surface area contributed by atoms with Gasteiger partial charge in [-0.1, -0.05) is 18.2 Å². The van der Waals surface area contributed by atoms with Gasteiger partial charge >= 0.3 is 0 Å². The van der Waals surface area contributed by atoms with Crippen LogP contribution in [-0.4, -0.2) is 22.8 Å². The first-order valence-corrected chi connectivity index (χ1v) is 7.21. The summed E-state index contributed by atoms with van der Waals surface area (Å²) in [4.78, 5) is 29.8. The molecule has 1 aliphatic heterocycles. The van der Waals surface area contributed by atoms with Crippen LogP contribution in [0.1, 0.15) is 29.8 Å². The smallest absolute Gasteiger partial charge is 0.258 e. The number of benzene rings is 1. The molecular weight excluding hydrogens is 278 g/mol. The number of fused-ring (bicyclic) bond motifs is 1. The highest BCUT2D eigenvalue weighted by atomic mass is 16.2. The van der Waals surface area contributed by atoms with Crippen LogP contribution in [-0.2, 0) is 11.2 Å². The fourth-order valence-corrected chi connectivity index (χ4v) is 2.83. The minimum absolute atomic E-state index is 0.0774. The Balaban J connectivity index is 1.93. The SMILES string of the molecule is CC(=O)Nc1cc(C(=O)N2c3ccccc3CC2C)ccn1. The first-order valence-electron chi connectivity index (χ1n) is 7.21. The molecule has 2 aromatic rings. The Bertz CT molecular complexity index is 742. The third kappa shape index (κ3) is 2.57. The van der Waals surface area contributed by atoms with Crippen molar-refractivity contribution >= 4 is 23.3 Å². The molecule has 0 bridgehead atoms. The zero-order chi connectivity index (χ0) is 15.7. The molecule has 22 heavy (non-hydrogen) atoms. The number of aromatic nitrogens is 1. The number of nitrogens with zero attached hydrogens (tertiary/aromatic N) is 2. The molecule has 0 aliphatic carbocycles. The molecule has 2 heterocycles. The van der Waals surface area contributed by atoms with Gasteiger partial charge in [0.15, 0.2) is 0 Å². The lowest BCUT2D eigenvalue weighted by molar-refractivity contribution is -0.114. The van der Waals surface area contributed by atoms with E-state index >= 15 is 0 Å². The van der Waals surface area contributed by atoms with Crippen LogP contribution in [0, 0.1) is 0 Å². The lowest BCUT2D eigenvalue weighted by atomic mass is 10.1. The maximum absolute atomic E-state index is 12.8. The van der Waals surface area contributed by atoms with Crippen LogP contribution >= 0.6 is 0 Å². The van der Waals surface area contributed by atoms with E-state index in [0.29, 0.717) is 11.4 Å². The highest BCUT2D eigenvalue weighted by molar-refractivity contribution is 6.08. The van der Waals surface area contributed by atoms with Gasteiger partial charge < -0.3 is 10.2 Å². The Morgan fingerprint density at radius 2 is 2.05 bits per heavy atom. The molecule has 0 saturated carbocycles. The van der Waals surface area contributed by atoms with E-state index in [2.05, 4.69) is 10.3 Å². The van der Waals surface area contributed by atoms with Gasteiger partial charge in [0.1, 0.15) is 5.82 Å². The first-order chi connectivity index (χ1) is 10.6. The van der Waals surface area contributed by atoms with Crippen molar-refractivity contribution in [2.24, 2.45) is 0 Å². The van der Waals surface area contributed by atoms with Crippen LogP contribution < -0.4 is 10.2 Å². The Morgan fingerprint density at radius 1 is 1.27 bits per heavy atom. The highest BCUT2D eigenvalue weighted by Crippen LogP contribution is 2.33. The van der Waals surface area contributed by atoms with Gasteiger partial charge in [-0.05, 0) is 37.1 Å². The van der Waals surface area contributed by atoms with Crippen molar-refractivity contribution in [2.45, 2.75) is 26.3 Å². The van der Waals surface area contributed by atoms with Crippen LogP contribution in [0.4, 0.5) is 11.5 Å². The Kier molecular flexibility index (Phi) is 3.63. The van der Waals surface area contributed by atoms with Crippen molar-refractivity contribution in [1.82, 2.24) is 4.98 Å². The van der Waals surface area contributed by atoms with E-state index in [1.807, 2.05) is 36.1 Å². The molecule has 112 valence electrons. The predicted octanol–water partition coefficient (Wildman–Crippen LogP) is 2.63. The van der Waals surface area contributed by atoms with Gasteiger partial charge in [0, 0.05) is 30.4 Å². The Morgan fingerprint density at radius 3 is 2.82 bits per heavy atom. The number of hydrogen-bond acceptors (Lipinski definition) is 3. The van der Waals surface area contributed by atoms with E-state index in [9.17, 15) is 9.59 Å². The summed E-state index contributed by atoms with van der Waals surface area (Å²) in [6.45, 7) is 3.45. The molecule has 5 heteroatoms. The molecule has 2 amide bonds. The van der Waals surface area contributed by atoms with E-state index in [1.54, 1.807) is 12.1 Å². The summed E-state index contributed by atoms with van der Waals surface area (Å²) in [5.41, 5.74) is 2.65. The molecule has 1 aromatic heterocycles. The van der Waals surface area contributed by atoms with Crippen molar-refractivity contribution < 1.29 is 9.59 Å². The molecule has 0 radical (unpaired) electrons. The predicted molar refractivity (Wildman–Crippen MR) is 85.0 cm³/mol. The van der Waals surface area contributed by atoms with Gasteiger partial charge in [-0.15, -0.1) is 0 Å². The monoisotopic (exact) mass is 295 g/mol. The van der Waals surface area contributed by atoms with E-state index in [1.165, 1.54) is 18.7 Å². The third-order valence-corrected chi connectivity index (χ3v) is 3.74. The number of hydrogen-bond donors (Lipinski definition) is 1. The number of carbonyl (C=O) groups excluding carboxylic acids is 2. The maximum atomic E-state index is 12.8. The molecule has 0 spiro atoms. The van der Waals surface area contributed by atoms with Crippen molar-refractivity contribution in [1.29, 1.82) is 0 Å². The van der Waals surface area contributed by atoms with Crippen molar-refractivity contribution in [3.63, 3.8) is 0 Å². The molecule has 1 N–H and O–H groups in total. The number of carbonyl (C=O) groups is 2. The van der Waals surface area contributed by atoms with Crippen LogP contribution in [0.2, 0.25) is 0 Å². The standard InChI is InChI=1S/C17H17N3O2/c1-11-9-13-5-3-4-6-15(13)20(11)17(22)14-7-8-18-16(10-14)19-12(2)21/h3-8,10-11H,9H2,1-2H3,(H,18,19,21). The number of anilines is 2. The number of amides is 2. The Labute approximate surface area is 129 Å². The van der Waals surface area contributed by atoms with Gasteiger partial charge in [0.05, 0.1) is 0 Å². The summed E-state index contributed by atoms with van der Waals surface area (Å²) < 4.78 is 0. The fraction of sp³-hybridized carbons (Fsp3) is 0.235. The minimum Gasteiger partial charge on any atom is -0.311 e. The minimum atomic E-state index is -0.211. The summed E-state index contributed by atoms with van der Waals surface area (Å²) in [5.74, 6) is 0.0990. The maximum Gasteiger partial charge on any atom is 0.258 e. The van der Waals surface area contributed by atoms with Crippen molar-refractivity contribution in [3.05, 3.63) is 53.7 Å². The summed E-state index contributed by atoms with van der Waals surface area (Å²) in [6.07, 6.45) is 2.39. The second-order valence-electron chi connectivity index (χ2n) is 5.47. The summed E-state index contributed by atoms with van der Waals surface area (Å²) in [5, 5.41) is 2.60. The molecule has 5 nitrogen and oxygen atoms in total. The number of nitrogens with one attached hydrogen (secondary N) is 1. The lowest BCUT2D eigenvalue weighted by Gasteiger charge is -2.23. The summed E-state index contributed by atoms with van der Waals surface area (Å²) in [6, 6.07) is 11.3. The Hall–Kier alpha value is -2.69. The van der Waals surface area contributed by atoms with Crippen LogP contribution in [0.3, 0.4) is 0 Å². The van der Waals surface area contributed by atoms with Gasteiger partial charge in [-0.3, -0.25) is 9.59 Å². The molecule has 0 fully saturated rings. The van der Waals surface area contributed by atoms with Gasteiger partial charge in [-0.2, -0.15) is 0 Å². The van der Waals surface area contributed by atoms with Crippen molar-refractivity contribution in [3.8, 4) is 0 Å². The summed E-state index contributed by atoms with van der Waals surface area (Å²) in [7, 11) is 0. The molecule has 1 aliphatic rings. The van der Waals surface area contributed by atoms with E-state index < -0.39 is 0 Å². The largest absolute Gasteiger partial charge is 0.311 e. The number of rotatable bonds is 2. The average Bonchev–Trinajstić information content (AvgIpc) is 2.82. The first kappa shape index (κ1) is 14.3. The highest BCUT2D eigenvalue weighted by Gasteiger charge is 2.31. The molecule has 1 atom stereocenters. The quantitative estimate of drug-likeness (QED) is 0.926. The molecule has 3 rings (SSSR count). The van der Waals surface area contributed by atoms with E-state index in [-0.39, 0.29) is 17.9 Å². The van der Waals surface area contributed by atoms with E-state index in [4.69, 9.17) is 0 Å². The lowest BCUT2D eigenvalue weighted by Crippen LogP contribution is -2.35. The van der Waals surface area contributed by atoms with Crippen molar-refractivity contribution in [2.75, 3.05) is 10.2 Å². The topological polar surface area (TPSA) is 62.3 Å². The van der Waals surface area contributed by atoms with Crippen LogP contribution in [0.15, 0.2) is 42.6 Å². The second kappa shape index (κ2) is 5.60. The molecule has 0 saturated heterocycles. The van der Waals surface area contributed by atoms with Gasteiger partial charge in [-0.25, -0.2) is 4.98 Å². The normalized spacial score (nSPS) is 16.3. The number of para-hydroxylation sites is 1.